The third kappa shape index (κ3) is 3.72. The Balaban J connectivity index is 1.73. The van der Waals surface area contributed by atoms with Gasteiger partial charge in [-0.05, 0) is 37.0 Å². The van der Waals surface area contributed by atoms with Crippen LogP contribution in [0.3, 0.4) is 0 Å². The molecule has 6 heteroatoms. The van der Waals surface area contributed by atoms with Crippen LogP contribution in [0.25, 0.3) is 0 Å². The van der Waals surface area contributed by atoms with Crippen molar-refractivity contribution in [1.29, 1.82) is 0 Å². The van der Waals surface area contributed by atoms with E-state index in [1.165, 1.54) is 10.6 Å². The van der Waals surface area contributed by atoms with Gasteiger partial charge in [-0.2, -0.15) is 0 Å². The van der Waals surface area contributed by atoms with E-state index in [0.29, 0.717) is 12.5 Å². The van der Waals surface area contributed by atoms with Crippen LogP contribution in [0.4, 0.5) is 11.4 Å². The van der Waals surface area contributed by atoms with Crippen molar-refractivity contribution in [3.05, 3.63) is 39.8 Å². The van der Waals surface area contributed by atoms with Gasteiger partial charge in [-0.1, -0.05) is 11.6 Å². The molecule has 1 aromatic carbocycles. The van der Waals surface area contributed by atoms with Crippen LogP contribution >= 0.6 is 22.9 Å². The van der Waals surface area contributed by atoms with E-state index in [4.69, 9.17) is 11.6 Å². The molecule has 1 fully saturated rings. The van der Waals surface area contributed by atoms with E-state index < -0.39 is 0 Å². The monoisotopic (exact) mass is 337 g/mol. The van der Waals surface area contributed by atoms with Gasteiger partial charge in [-0.25, -0.2) is 0 Å². The van der Waals surface area contributed by atoms with Crippen LogP contribution in [0.1, 0.15) is 17.7 Å². The quantitative estimate of drug-likeness (QED) is 0.875. The summed E-state index contributed by atoms with van der Waals surface area (Å²) in [4.78, 5) is 7.67. The number of anilines is 2. The second-order valence-corrected chi connectivity index (χ2v) is 7.00. The Kier molecular flexibility index (Phi) is 5.18. The van der Waals surface area contributed by atoms with Gasteiger partial charge < -0.3 is 15.3 Å². The van der Waals surface area contributed by atoms with Gasteiger partial charge in [0.25, 0.3) is 0 Å². The molecule has 0 aliphatic carbocycles. The van der Waals surface area contributed by atoms with Crippen molar-refractivity contribution < 1.29 is 5.11 Å². The predicted octanol–water partition coefficient (Wildman–Crippen LogP) is 3.62. The summed E-state index contributed by atoms with van der Waals surface area (Å²) in [5.74, 6) is 0.442. The summed E-state index contributed by atoms with van der Waals surface area (Å²) in [7, 11) is 0. The van der Waals surface area contributed by atoms with E-state index in [1.807, 2.05) is 23.8 Å². The highest BCUT2D eigenvalue weighted by Gasteiger charge is 2.20. The van der Waals surface area contributed by atoms with Gasteiger partial charge in [0.2, 0.25) is 0 Å². The third-order valence-corrected chi connectivity index (χ3v) is 5.12. The zero-order valence-electron chi connectivity index (χ0n) is 12.3. The summed E-state index contributed by atoms with van der Waals surface area (Å²) < 4.78 is 0. The van der Waals surface area contributed by atoms with E-state index in [-0.39, 0.29) is 0 Å². The molecule has 3 rings (SSSR count). The number of halogens is 1. The number of nitrogens with one attached hydrogen (secondary N) is 1. The summed E-state index contributed by atoms with van der Waals surface area (Å²) in [5.41, 5.74) is 4.09. The van der Waals surface area contributed by atoms with E-state index in [2.05, 4.69) is 21.3 Å². The molecule has 0 bridgehead atoms. The molecule has 0 atom stereocenters. The van der Waals surface area contributed by atoms with Crippen LogP contribution in [0.5, 0.6) is 0 Å². The zero-order chi connectivity index (χ0) is 15.4. The Morgan fingerprint density at radius 1 is 1.36 bits per heavy atom. The fourth-order valence-electron chi connectivity index (χ4n) is 2.79. The molecular weight excluding hydrogens is 318 g/mol. The zero-order valence-corrected chi connectivity index (χ0v) is 13.9. The molecule has 1 aliphatic heterocycles. The van der Waals surface area contributed by atoms with Crippen molar-refractivity contribution in [2.24, 2.45) is 5.92 Å². The first-order chi connectivity index (χ1) is 10.8. The fourth-order valence-corrected chi connectivity index (χ4v) is 3.50. The fraction of sp³-hybridized carbons (Fsp3) is 0.438. The second kappa shape index (κ2) is 7.31. The Labute approximate surface area is 139 Å². The van der Waals surface area contributed by atoms with Crippen LogP contribution in [-0.4, -0.2) is 29.8 Å². The first kappa shape index (κ1) is 15.6. The highest BCUT2D eigenvalue weighted by atomic mass is 35.5. The summed E-state index contributed by atoms with van der Waals surface area (Å²) in [5, 5.41) is 13.5. The molecule has 4 nitrogen and oxygen atoms in total. The summed E-state index contributed by atoms with van der Waals surface area (Å²) >= 11 is 7.80. The molecule has 1 aromatic heterocycles. The number of rotatable bonds is 5. The molecular formula is C16H20ClN3OS. The lowest BCUT2D eigenvalue weighted by Crippen LogP contribution is -2.35. The molecule has 0 unspecified atom stereocenters. The molecule has 2 N–H and O–H groups in total. The van der Waals surface area contributed by atoms with Crippen molar-refractivity contribution in [2.75, 3.05) is 29.9 Å². The Hall–Kier alpha value is -1.30. The molecule has 1 aliphatic rings. The number of thiazole rings is 1. The van der Waals surface area contributed by atoms with Crippen LogP contribution in [0.15, 0.2) is 29.9 Å². The minimum atomic E-state index is 0.297. The lowest BCUT2D eigenvalue weighted by Gasteiger charge is -2.34. The topological polar surface area (TPSA) is 48.4 Å². The molecule has 22 heavy (non-hydrogen) atoms. The molecule has 0 saturated carbocycles. The maximum atomic E-state index is 9.28. The lowest BCUT2D eigenvalue weighted by molar-refractivity contribution is 0.203. The van der Waals surface area contributed by atoms with Gasteiger partial charge >= 0.3 is 0 Å². The summed E-state index contributed by atoms with van der Waals surface area (Å²) in [6.45, 7) is 3.00. The molecule has 2 heterocycles. The lowest BCUT2D eigenvalue weighted by atomic mass is 9.97. The van der Waals surface area contributed by atoms with E-state index in [0.717, 1.165) is 43.2 Å². The standard InChI is InChI=1S/C16H20ClN3OS/c17-13-1-2-16(20-5-3-12(10-21)4-6-20)15(7-13)19-9-14-8-18-11-22-14/h1-2,7-8,11-12,19,21H,3-6,9-10H2. The van der Waals surface area contributed by atoms with Gasteiger partial charge in [-0.3, -0.25) is 4.98 Å². The number of hydrogen-bond acceptors (Lipinski definition) is 5. The summed E-state index contributed by atoms with van der Waals surface area (Å²) in [6, 6.07) is 6.00. The average molecular weight is 338 g/mol. The Bertz CT molecular complexity index is 597. The number of aliphatic hydroxyl groups excluding tert-OH is 1. The molecule has 0 radical (unpaired) electrons. The van der Waals surface area contributed by atoms with Crippen molar-refractivity contribution >= 4 is 34.3 Å². The smallest absolute Gasteiger partial charge is 0.0794 e. The molecule has 0 amide bonds. The van der Waals surface area contributed by atoms with E-state index in [1.54, 1.807) is 11.3 Å². The number of aliphatic hydroxyl groups is 1. The summed E-state index contributed by atoms with van der Waals surface area (Å²) in [6.07, 6.45) is 3.95. The second-order valence-electron chi connectivity index (χ2n) is 5.60. The van der Waals surface area contributed by atoms with Gasteiger partial charge in [0.1, 0.15) is 0 Å². The predicted molar refractivity (Wildman–Crippen MR) is 92.9 cm³/mol. The van der Waals surface area contributed by atoms with Gasteiger partial charge in [-0.15, -0.1) is 11.3 Å². The normalized spacial score (nSPS) is 16.0. The van der Waals surface area contributed by atoms with Crippen molar-refractivity contribution in [3.8, 4) is 0 Å². The van der Waals surface area contributed by atoms with Gasteiger partial charge in [0.05, 0.1) is 23.4 Å². The van der Waals surface area contributed by atoms with E-state index in [9.17, 15) is 5.11 Å². The number of benzene rings is 1. The Morgan fingerprint density at radius 3 is 2.86 bits per heavy atom. The van der Waals surface area contributed by atoms with Crippen molar-refractivity contribution in [2.45, 2.75) is 19.4 Å². The first-order valence-corrected chi connectivity index (χ1v) is 8.78. The highest BCUT2D eigenvalue weighted by Crippen LogP contribution is 2.32. The van der Waals surface area contributed by atoms with Gasteiger partial charge in [0.15, 0.2) is 0 Å². The molecule has 1 saturated heterocycles. The van der Waals surface area contributed by atoms with E-state index >= 15 is 0 Å². The van der Waals surface area contributed by atoms with Crippen molar-refractivity contribution in [1.82, 2.24) is 4.98 Å². The largest absolute Gasteiger partial charge is 0.396 e. The third-order valence-electron chi connectivity index (χ3n) is 4.11. The Morgan fingerprint density at radius 2 is 2.18 bits per heavy atom. The minimum Gasteiger partial charge on any atom is -0.396 e. The SMILES string of the molecule is OCC1CCN(c2ccc(Cl)cc2NCc2cncs2)CC1. The maximum Gasteiger partial charge on any atom is 0.0794 e. The molecule has 118 valence electrons. The number of piperidine rings is 1. The minimum absolute atomic E-state index is 0.297. The maximum absolute atomic E-state index is 9.28. The number of hydrogen-bond donors (Lipinski definition) is 2. The van der Waals surface area contributed by atoms with Gasteiger partial charge in [0, 0.05) is 35.8 Å². The van der Waals surface area contributed by atoms with Crippen LogP contribution in [0, 0.1) is 5.92 Å². The van der Waals surface area contributed by atoms with Crippen LogP contribution in [-0.2, 0) is 6.54 Å². The van der Waals surface area contributed by atoms with Crippen LogP contribution < -0.4 is 10.2 Å². The average Bonchev–Trinajstić information content (AvgIpc) is 3.07. The first-order valence-electron chi connectivity index (χ1n) is 7.53. The molecule has 0 spiro atoms. The molecule has 2 aromatic rings. The van der Waals surface area contributed by atoms with Crippen LogP contribution in [0.2, 0.25) is 5.02 Å². The van der Waals surface area contributed by atoms with Crippen molar-refractivity contribution in [3.63, 3.8) is 0 Å². The number of aromatic nitrogens is 1. The number of nitrogens with zero attached hydrogens (tertiary/aromatic N) is 2. The highest BCUT2D eigenvalue weighted by molar-refractivity contribution is 7.09.